The fourth-order valence-electron chi connectivity index (χ4n) is 4.45. The number of pyridine rings is 1. The highest BCUT2D eigenvalue weighted by Gasteiger charge is 2.38. The lowest BCUT2D eigenvalue weighted by molar-refractivity contribution is -0.255. The lowest BCUT2D eigenvalue weighted by Gasteiger charge is -2.38. The molecular formula is C26H22N3O5S-. The van der Waals surface area contributed by atoms with Gasteiger partial charge in [0.15, 0.2) is 0 Å². The summed E-state index contributed by atoms with van der Waals surface area (Å²) < 4.78 is 10.7. The quantitative estimate of drug-likeness (QED) is 0.439. The van der Waals surface area contributed by atoms with Gasteiger partial charge in [0, 0.05) is 35.0 Å². The number of fused-ring (bicyclic) bond motifs is 3. The number of aromatic carboxylic acids is 1. The van der Waals surface area contributed by atoms with E-state index in [1.807, 2.05) is 13.0 Å². The maximum Gasteiger partial charge on any atom is 0.272 e. The van der Waals surface area contributed by atoms with Crippen molar-refractivity contribution in [1.82, 2.24) is 4.98 Å². The summed E-state index contributed by atoms with van der Waals surface area (Å²) in [5.41, 5.74) is 3.35. The van der Waals surface area contributed by atoms with Gasteiger partial charge in [-0.1, -0.05) is 24.3 Å². The summed E-state index contributed by atoms with van der Waals surface area (Å²) in [7, 11) is 3.18. The van der Waals surface area contributed by atoms with Gasteiger partial charge in [-0.3, -0.25) is 9.69 Å². The molecule has 0 bridgehead atoms. The predicted molar refractivity (Wildman–Crippen MR) is 132 cm³/mol. The van der Waals surface area contributed by atoms with Crippen LogP contribution in [0.25, 0.3) is 10.2 Å². The van der Waals surface area contributed by atoms with E-state index in [0.717, 1.165) is 16.6 Å². The molecule has 0 saturated carbocycles. The maximum absolute atomic E-state index is 14.0. The Labute approximate surface area is 205 Å². The molecular weight excluding hydrogens is 466 g/mol. The molecule has 0 radical (unpaired) electrons. The van der Waals surface area contributed by atoms with Gasteiger partial charge >= 0.3 is 0 Å². The third kappa shape index (κ3) is 3.88. The van der Waals surface area contributed by atoms with E-state index in [2.05, 4.69) is 10.3 Å². The van der Waals surface area contributed by atoms with Gasteiger partial charge in [0.05, 0.1) is 25.4 Å². The number of amides is 1. The van der Waals surface area contributed by atoms with Crippen LogP contribution in [-0.4, -0.2) is 31.1 Å². The summed E-state index contributed by atoms with van der Waals surface area (Å²) in [4.78, 5) is 33.4. The topological polar surface area (TPSA) is 104 Å². The number of nitrogens with zero attached hydrogens (tertiary/aromatic N) is 2. The van der Waals surface area contributed by atoms with Crippen molar-refractivity contribution in [3.8, 4) is 5.75 Å². The van der Waals surface area contributed by atoms with Gasteiger partial charge in [-0.2, -0.15) is 0 Å². The maximum atomic E-state index is 14.0. The first-order valence-electron chi connectivity index (χ1n) is 10.9. The number of carbonyl (C=O) groups is 2. The van der Waals surface area contributed by atoms with Crippen molar-refractivity contribution in [3.63, 3.8) is 0 Å². The first kappa shape index (κ1) is 22.8. The molecule has 3 heterocycles. The van der Waals surface area contributed by atoms with Crippen molar-refractivity contribution in [2.75, 3.05) is 24.4 Å². The number of carboxylic acid groups (broad SMARTS) is 1. The van der Waals surface area contributed by atoms with Gasteiger partial charge in [-0.05, 0) is 42.8 Å². The molecule has 1 amide bonds. The molecule has 0 spiro atoms. The molecule has 2 aromatic carbocycles. The molecule has 1 atom stereocenters. The standard InChI is InChI=1S/C26H23N3O5S/c1-14-12-15(13-33-2)20-21-22(35-24(20)27-14)25(30)29(16-8-10-17(34-3)11-9-16)23(28-21)18-6-4-5-7-19(18)26(31)32/h4-12,23,28H,13H2,1-3H3,(H,31,32)/p-1. The first-order valence-corrected chi connectivity index (χ1v) is 11.7. The molecule has 0 fully saturated rings. The summed E-state index contributed by atoms with van der Waals surface area (Å²) in [6.45, 7) is 2.25. The van der Waals surface area contributed by atoms with Gasteiger partial charge in [-0.25, -0.2) is 4.98 Å². The number of anilines is 2. The second-order valence-corrected chi connectivity index (χ2v) is 9.14. The average Bonchev–Trinajstić information content (AvgIpc) is 3.23. The minimum absolute atomic E-state index is 0.00498. The molecule has 1 N–H and O–H groups in total. The molecule has 2 aromatic heterocycles. The Morgan fingerprint density at radius 2 is 1.91 bits per heavy atom. The van der Waals surface area contributed by atoms with Crippen LogP contribution >= 0.6 is 11.3 Å². The lowest BCUT2D eigenvalue weighted by atomic mass is 10.00. The Kier molecular flexibility index (Phi) is 5.88. The number of rotatable bonds is 6. The van der Waals surface area contributed by atoms with Crippen LogP contribution in [-0.2, 0) is 11.3 Å². The predicted octanol–water partition coefficient (Wildman–Crippen LogP) is 3.89. The Morgan fingerprint density at radius 3 is 2.60 bits per heavy atom. The molecule has 9 heteroatoms. The monoisotopic (exact) mass is 488 g/mol. The van der Waals surface area contributed by atoms with Crippen LogP contribution in [0.15, 0.2) is 54.6 Å². The van der Waals surface area contributed by atoms with Crippen LogP contribution in [0.5, 0.6) is 5.75 Å². The molecule has 5 rings (SSSR count). The van der Waals surface area contributed by atoms with Crippen LogP contribution in [0.1, 0.15) is 43.0 Å². The number of nitrogens with one attached hydrogen (secondary N) is 1. The van der Waals surface area contributed by atoms with Gasteiger partial charge < -0.3 is 24.7 Å². The van der Waals surface area contributed by atoms with Gasteiger partial charge in [-0.15, -0.1) is 11.3 Å². The second kappa shape index (κ2) is 9.01. The van der Waals surface area contributed by atoms with E-state index in [4.69, 9.17) is 9.47 Å². The number of aromatic nitrogens is 1. The van der Waals surface area contributed by atoms with Crippen molar-refractivity contribution < 1.29 is 24.2 Å². The normalized spacial score (nSPS) is 15.1. The first-order chi connectivity index (χ1) is 16.9. The molecule has 1 unspecified atom stereocenters. The highest BCUT2D eigenvalue weighted by molar-refractivity contribution is 7.21. The number of thiophene rings is 1. The summed E-state index contributed by atoms with van der Waals surface area (Å²) in [5.74, 6) is -0.932. The van der Waals surface area contributed by atoms with Crippen LogP contribution in [0.3, 0.4) is 0 Å². The fourth-order valence-corrected chi connectivity index (χ4v) is 5.61. The number of carbonyl (C=O) groups excluding carboxylic acids is 2. The zero-order chi connectivity index (χ0) is 24.7. The summed E-state index contributed by atoms with van der Waals surface area (Å²) >= 11 is 1.30. The van der Waals surface area contributed by atoms with E-state index in [9.17, 15) is 14.7 Å². The van der Waals surface area contributed by atoms with Crippen molar-refractivity contribution >= 4 is 44.8 Å². The average molecular weight is 489 g/mol. The molecule has 178 valence electrons. The van der Waals surface area contributed by atoms with Crippen molar-refractivity contribution in [2.45, 2.75) is 19.7 Å². The molecule has 8 nitrogen and oxygen atoms in total. The van der Waals surface area contributed by atoms with Crippen LogP contribution in [0, 0.1) is 6.92 Å². The summed E-state index contributed by atoms with van der Waals surface area (Å²) in [6.07, 6.45) is -0.799. The number of ether oxygens (including phenoxy) is 2. The molecule has 1 aliphatic rings. The van der Waals surface area contributed by atoms with Crippen molar-refractivity contribution in [1.29, 1.82) is 0 Å². The highest BCUT2D eigenvalue weighted by Crippen LogP contribution is 2.46. The third-order valence-electron chi connectivity index (χ3n) is 5.95. The van der Waals surface area contributed by atoms with Gasteiger partial charge in [0.25, 0.3) is 5.91 Å². The fraction of sp³-hybridized carbons (Fsp3) is 0.192. The number of carboxylic acids is 1. The van der Waals surface area contributed by atoms with E-state index in [1.54, 1.807) is 61.6 Å². The van der Waals surface area contributed by atoms with E-state index >= 15 is 0 Å². The smallest absolute Gasteiger partial charge is 0.272 e. The van der Waals surface area contributed by atoms with Crippen LogP contribution in [0.2, 0.25) is 0 Å². The van der Waals surface area contributed by atoms with Gasteiger partial charge in [0.2, 0.25) is 0 Å². The third-order valence-corrected chi connectivity index (χ3v) is 7.02. The summed E-state index contributed by atoms with van der Waals surface area (Å²) in [6, 6.07) is 15.5. The van der Waals surface area contributed by atoms with Crippen LogP contribution < -0.4 is 20.1 Å². The highest BCUT2D eigenvalue weighted by atomic mass is 32.1. The van der Waals surface area contributed by atoms with E-state index in [0.29, 0.717) is 39.0 Å². The SMILES string of the molecule is COCc1cc(C)nc2sc3c(c12)NC(c1ccccc1C(=O)[O-])N(c1ccc(OC)cc1)C3=O. The second-order valence-electron chi connectivity index (χ2n) is 8.14. The summed E-state index contributed by atoms with van der Waals surface area (Å²) in [5, 5.41) is 16.2. The largest absolute Gasteiger partial charge is 0.545 e. The number of benzene rings is 2. The number of aryl methyl sites for hydroxylation is 1. The Balaban J connectivity index is 1.75. The minimum atomic E-state index is -1.32. The molecule has 0 aliphatic carbocycles. The molecule has 4 aromatic rings. The van der Waals surface area contributed by atoms with Gasteiger partial charge in [0.1, 0.15) is 21.6 Å². The van der Waals surface area contributed by atoms with E-state index in [-0.39, 0.29) is 11.5 Å². The minimum Gasteiger partial charge on any atom is -0.545 e. The van der Waals surface area contributed by atoms with E-state index in [1.165, 1.54) is 17.4 Å². The van der Waals surface area contributed by atoms with Crippen molar-refractivity contribution in [3.05, 3.63) is 81.9 Å². The lowest BCUT2D eigenvalue weighted by Crippen LogP contribution is -2.43. The molecule has 1 aliphatic heterocycles. The Bertz CT molecular complexity index is 1450. The zero-order valence-corrected chi connectivity index (χ0v) is 20.1. The van der Waals surface area contributed by atoms with Crippen molar-refractivity contribution in [2.24, 2.45) is 0 Å². The molecule has 0 saturated heterocycles. The Hall–Kier alpha value is -3.95. The number of hydrogen-bond donors (Lipinski definition) is 1. The Morgan fingerprint density at radius 1 is 1.17 bits per heavy atom. The number of methoxy groups -OCH3 is 2. The van der Waals surface area contributed by atoms with Crippen LogP contribution in [0.4, 0.5) is 11.4 Å². The van der Waals surface area contributed by atoms with E-state index < -0.39 is 12.1 Å². The molecule has 35 heavy (non-hydrogen) atoms. The number of hydrogen-bond acceptors (Lipinski definition) is 8. The zero-order valence-electron chi connectivity index (χ0n) is 19.3.